The van der Waals surface area contributed by atoms with E-state index in [0.29, 0.717) is 18.8 Å². The number of hydrogen-bond acceptors (Lipinski definition) is 3. The number of benzene rings is 1. The van der Waals surface area contributed by atoms with Gasteiger partial charge in [0, 0.05) is 7.11 Å². The summed E-state index contributed by atoms with van der Waals surface area (Å²) in [5.41, 5.74) is 1.32. The molecule has 3 atom stereocenters. The first-order valence-corrected chi connectivity index (χ1v) is 8.60. The lowest BCUT2D eigenvalue weighted by Gasteiger charge is -2.33. The molecule has 0 bridgehead atoms. The SMILES string of the molecule is COC(Cc1ccc(OCC2CO2)cc1)CC(C)C1CCC1. The first-order chi connectivity index (χ1) is 10.7. The van der Waals surface area contributed by atoms with Crippen LogP contribution >= 0.6 is 0 Å². The van der Waals surface area contributed by atoms with Crippen LogP contribution in [0, 0.1) is 11.8 Å². The van der Waals surface area contributed by atoms with Gasteiger partial charge in [0.1, 0.15) is 18.5 Å². The van der Waals surface area contributed by atoms with Crippen molar-refractivity contribution in [3.8, 4) is 5.75 Å². The van der Waals surface area contributed by atoms with Crippen molar-refractivity contribution < 1.29 is 14.2 Å². The van der Waals surface area contributed by atoms with Crippen molar-refractivity contribution in [2.75, 3.05) is 20.3 Å². The van der Waals surface area contributed by atoms with E-state index in [4.69, 9.17) is 14.2 Å². The van der Waals surface area contributed by atoms with E-state index in [9.17, 15) is 0 Å². The summed E-state index contributed by atoms with van der Waals surface area (Å²) >= 11 is 0. The van der Waals surface area contributed by atoms with Crippen molar-refractivity contribution in [2.24, 2.45) is 11.8 Å². The zero-order chi connectivity index (χ0) is 15.4. The molecule has 0 amide bonds. The summed E-state index contributed by atoms with van der Waals surface area (Å²) in [6.07, 6.45) is 7.02. The average molecular weight is 304 g/mol. The Morgan fingerprint density at radius 3 is 2.50 bits per heavy atom. The molecule has 3 rings (SSSR count). The van der Waals surface area contributed by atoms with Gasteiger partial charge in [-0.3, -0.25) is 0 Å². The lowest BCUT2D eigenvalue weighted by molar-refractivity contribution is 0.0624. The highest BCUT2D eigenvalue weighted by Crippen LogP contribution is 2.36. The molecule has 2 fully saturated rings. The molecule has 0 aromatic heterocycles. The summed E-state index contributed by atoms with van der Waals surface area (Å²) in [7, 11) is 1.84. The highest BCUT2D eigenvalue weighted by atomic mass is 16.6. The Balaban J connectivity index is 1.46. The molecule has 1 aliphatic heterocycles. The number of methoxy groups -OCH3 is 1. The summed E-state index contributed by atoms with van der Waals surface area (Å²) in [4.78, 5) is 0. The van der Waals surface area contributed by atoms with Gasteiger partial charge in [0.05, 0.1) is 12.7 Å². The van der Waals surface area contributed by atoms with Crippen LogP contribution in [0.4, 0.5) is 0 Å². The Morgan fingerprint density at radius 2 is 1.95 bits per heavy atom. The molecule has 22 heavy (non-hydrogen) atoms. The summed E-state index contributed by atoms with van der Waals surface area (Å²) in [6, 6.07) is 8.42. The number of rotatable bonds is 9. The maximum atomic E-state index is 5.71. The Hall–Kier alpha value is -1.06. The number of ether oxygens (including phenoxy) is 3. The third kappa shape index (κ3) is 4.47. The predicted molar refractivity (Wildman–Crippen MR) is 87.3 cm³/mol. The van der Waals surface area contributed by atoms with Crippen LogP contribution in [-0.4, -0.2) is 32.5 Å². The topological polar surface area (TPSA) is 31.0 Å². The minimum atomic E-state index is 0.311. The van der Waals surface area contributed by atoms with Crippen molar-refractivity contribution in [3.63, 3.8) is 0 Å². The monoisotopic (exact) mass is 304 g/mol. The summed E-state index contributed by atoms with van der Waals surface area (Å²) in [5, 5.41) is 0. The van der Waals surface area contributed by atoms with Gasteiger partial charge < -0.3 is 14.2 Å². The van der Waals surface area contributed by atoms with Crippen molar-refractivity contribution in [2.45, 2.75) is 51.2 Å². The largest absolute Gasteiger partial charge is 0.491 e. The van der Waals surface area contributed by atoms with E-state index < -0.39 is 0 Å². The van der Waals surface area contributed by atoms with Gasteiger partial charge in [-0.1, -0.05) is 38.3 Å². The van der Waals surface area contributed by atoms with E-state index in [1.165, 1.54) is 31.2 Å². The highest BCUT2D eigenvalue weighted by Gasteiger charge is 2.26. The van der Waals surface area contributed by atoms with E-state index in [-0.39, 0.29) is 0 Å². The summed E-state index contributed by atoms with van der Waals surface area (Å²) in [6.45, 7) is 3.89. The molecule has 2 aliphatic rings. The molecule has 3 heteroatoms. The molecule has 1 heterocycles. The second-order valence-electron chi connectivity index (χ2n) is 6.88. The van der Waals surface area contributed by atoms with Gasteiger partial charge in [0.25, 0.3) is 0 Å². The standard InChI is InChI=1S/C19H28O3/c1-14(16-4-3-5-16)10-18(20-2)11-15-6-8-17(9-7-15)21-12-19-13-22-19/h6-9,14,16,18-19H,3-5,10-13H2,1-2H3. The fourth-order valence-corrected chi connectivity index (χ4v) is 3.22. The van der Waals surface area contributed by atoms with Crippen LogP contribution in [0.3, 0.4) is 0 Å². The van der Waals surface area contributed by atoms with Gasteiger partial charge in [0.2, 0.25) is 0 Å². The minimum absolute atomic E-state index is 0.311. The summed E-state index contributed by atoms with van der Waals surface area (Å²) < 4.78 is 16.5. The zero-order valence-corrected chi connectivity index (χ0v) is 13.8. The van der Waals surface area contributed by atoms with Crippen LogP contribution in [-0.2, 0) is 15.9 Å². The maximum Gasteiger partial charge on any atom is 0.119 e. The van der Waals surface area contributed by atoms with Gasteiger partial charge in [-0.25, -0.2) is 0 Å². The molecular formula is C19H28O3. The van der Waals surface area contributed by atoms with E-state index >= 15 is 0 Å². The Labute approximate surface area is 134 Å². The number of hydrogen-bond donors (Lipinski definition) is 0. The van der Waals surface area contributed by atoms with Crippen LogP contribution in [0.5, 0.6) is 5.75 Å². The second-order valence-corrected chi connectivity index (χ2v) is 6.88. The molecule has 0 radical (unpaired) electrons. The fourth-order valence-electron chi connectivity index (χ4n) is 3.22. The molecular weight excluding hydrogens is 276 g/mol. The van der Waals surface area contributed by atoms with Gasteiger partial charge in [0.15, 0.2) is 0 Å². The third-order valence-electron chi connectivity index (χ3n) is 5.15. The normalized spacial score (nSPS) is 23.6. The molecule has 0 N–H and O–H groups in total. The predicted octanol–water partition coefficient (Wildman–Crippen LogP) is 3.85. The molecule has 1 aromatic carbocycles. The first kappa shape index (κ1) is 15.8. The smallest absolute Gasteiger partial charge is 0.119 e. The second kappa shape index (κ2) is 7.47. The Bertz CT molecular complexity index is 448. The van der Waals surface area contributed by atoms with Gasteiger partial charge in [-0.15, -0.1) is 0 Å². The fraction of sp³-hybridized carbons (Fsp3) is 0.684. The first-order valence-electron chi connectivity index (χ1n) is 8.60. The van der Waals surface area contributed by atoms with E-state index in [1.807, 2.05) is 7.11 Å². The van der Waals surface area contributed by atoms with Crippen LogP contribution < -0.4 is 4.74 Å². The molecule has 1 aliphatic carbocycles. The minimum Gasteiger partial charge on any atom is -0.491 e. The van der Waals surface area contributed by atoms with E-state index in [0.717, 1.165) is 30.6 Å². The van der Waals surface area contributed by atoms with Crippen LogP contribution in [0.15, 0.2) is 24.3 Å². The molecule has 1 saturated heterocycles. The molecule has 0 spiro atoms. The molecule has 1 saturated carbocycles. The van der Waals surface area contributed by atoms with Gasteiger partial charge >= 0.3 is 0 Å². The third-order valence-corrected chi connectivity index (χ3v) is 5.15. The number of epoxide rings is 1. The van der Waals surface area contributed by atoms with Crippen LogP contribution in [0.1, 0.15) is 38.2 Å². The zero-order valence-electron chi connectivity index (χ0n) is 13.8. The highest BCUT2D eigenvalue weighted by molar-refractivity contribution is 5.27. The van der Waals surface area contributed by atoms with Crippen molar-refractivity contribution >= 4 is 0 Å². The molecule has 3 nitrogen and oxygen atoms in total. The van der Waals surface area contributed by atoms with Crippen molar-refractivity contribution in [3.05, 3.63) is 29.8 Å². The summed E-state index contributed by atoms with van der Waals surface area (Å²) in [5.74, 6) is 2.63. The maximum absolute atomic E-state index is 5.71. The Morgan fingerprint density at radius 1 is 1.23 bits per heavy atom. The quantitative estimate of drug-likeness (QED) is 0.649. The lowest BCUT2D eigenvalue weighted by Crippen LogP contribution is -2.25. The Kier molecular flexibility index (Phi) is 5.37. The van der Waals surface area contributed by atoms with Crippen LogP contribution in [0.2, 0.25) is 0 Å². The van der Waals surface area contributed by atoms with Gasteiger partial charge in [-0.2, -0.15) is 0 Å². The van der Waals surface area contributed by atoms with E-state index in [1.54, 1.807) is 0 Å². The average Bonchev–Trinajstić information content (AvgIpc) is 3.28. The van der Waals surface area contributed by atoms with E-state index in [2.05, 4.69) is 31.2 Å². The molecule has 3 unspecified atom stereocenters. The molecule has 122 valence electrons. The lowest BCUT2D eigenvalue weighted by atomic mass is 9.74. The van der Waals surface area contributed by atoms with Gasteiger partial charge in [-0.05, 0) is 42.4 Å². The van der Waals surface area contributed by atoms with Crippen LogP contribution in [0.25, 0.3) is 0 Å². The van der Waals surface area contributed by atoms with Crippen molar-refractivity contribution in [1.82, 2.24) is 0 Å². The molecule has 1 aromatic rings. The van der Waals surface area contributed by atoms with Crippen molar-refractivity contribution in [1.29, 1.82) is 0 Å².